The van der Waals surface area contributed by atoms with Crippen molar-refractivity contribution < 1.29 is 22.7 Å². The number of hydrogen-bond acceptors (Lipinski definition) is 6. The molecule has 2 N–H and O–H groups in total. The van der Waals surface area contributed by atoms with Crippen LogP contribution in [-0.2, 0) is 24.3 Å². The van der Waals surface area contributed by atoms with Crippen molar-refractivity contribution in [2.24, 2.45) is 0 Å². The Morgan fingerprint density at radius 1 is 0.967 bits per heavy atom. The molecule has 1 amide bonds. The van der Waals surface area contributed by atoms with Crippen LogP contribution in [0.25, 0.3) is 0 Å². The molecule has 0 bridgehead atoms. The van der Waals surface area contributed by atoms with Gasteiger partial charge in [-0.05, 0) is 57.2 Å². The minimum atomic E-state index is -3.89. The Morgan fingerprint density at radius 2 is 1.53 bits per heavy atom. The van der Waals surface area contributed by atoms with E-state index in [2.05, 4.69) is 10.0 Å². The third kappa shape index (κ3) is 6.30. The molecule has 0 fully saturated rings. The van der Waals surface area contributed by atoms with Crippen LogP contribution in [0.2, 0.25) is 0 Å². The SMILES string of the molecule is Cc1ccc(S(=O)(=O)NC(C)C(=O)OC(C)C(=O)Nc2ccc(N(C)C)cc2)cc1. The molecule has 8 nitrogen and oxygen atoms in total. The number of rotatable bonds is 8. The molecular weight excluding hydrogens is 406 g/mol. The fourth-order valence-corrected chi connectivity index (χ4v) is 3.68. The van der Waals surface area contributed by atoms with Crippen molar-refractivity contribution in [3.8, 4) is 0 Å². The van der Waals surface area contributed by atoms with Crippen LogP contribution in [0, 0.1) is 6.92 Å². The van der Waals surface area contributed by atoms with Gasteiger partial charge in [0.1, 0.15) is 6.04 Å². The van der Waals surface area contributed by atoms with Crippen molar-refractivity contribution in [1.29, 1.82) is 0 Å². The highest BCUT2D eigenvalue weighted by atomic mass is 32.2. The number of amides is 1. The summed E-state index contributed by atoms with van der Waals surface area (Å²) in [6.45, 7) is 4.62. The topological polar surface area (TPSA) is 105 Å². The Labute approximate surface area is 177 Å². The Balaban J connectivity index is 1.93. The second-order valence-electron chi connectivity index (χ2n) is 7.17. The summed E-state index contributed by atoms with van der Waals surface area (Å²) in [4.78, 5) is 26.5. The second-order valence-corrected chi connectivity index (χ2v) is 8.88. The average Bonchev–Trinajstić information content (AvgIpc) is 2.68. The average molecular weight is 434 g/mol. The molecule has 2 unspecified atom stereocenters. The van der Waals surface area contributed by atoms with Crippen molar-refractivity contribution in [3.05, 3.63) is 54.1 Å². The number of hydrogen-bond donors (Lipinski definition) is 2. The standard InChI is InChI=1S/C21H27N3O5S/c1-14-6-12-19(13-7-14)30(27,28)23-15(2)21(26)29-16(3)20(25)22-17-8-10-18(11-9-17)24(4)5/h6-13,15-16,23H,1-5H3,(H,22,25). The Kier molecular flexibility index (Phi) is 7.58. The van der Waals surface area contributed by atoms with Crippen LogP contribution in [0.1, 0.15) is 19.4 Å². The Morgan fingerprint density at radius 3 is 2.07 bits per heavy atom. The zero-order valence-corrected chi connectivity index (χ0v) is 18.5. The molecule has 0 aliphatic rings. The van der Waals surface area contributed by atoms with E-state index in [1.165, 1.54) is 26.0 Å². The van der Waals surface area contributed by atoms with E-state index in [-0.39, 0.29) is 4.90 Å². The number of ether oxygens (including phenoxy) is 1. The van der Waals surface area contributed by atoms with E-state index in [9.17, 15) is 18.0 Å². The van der Waals surface area contributed by atoms with Crippen LogP contribution in [-0.4, -0.2) is 46.5 Å². The van der Waals surface area contributed by atoms with Crippen molar-refractivity contribution in [3.63, 3.8) is 0 Å². The van der Waals surface area contributed by atoms with Gasteiger partial charge in [-0.25, -0.2) is 8.42 Å². The molecule has 0 saturated carbocycles. The normalized spacial score (nSPS) is 13.2. The minimum absolute atomic E-state index is 0.0414. The number of esters is 1. The first kappa shape index (κ1) is 23.4. The molecule has 0 aliphatic heterocycles. The molecule has 9 heteroatoms. The molecule has 162 valence electrons. The fourth-order valence-electron chi connectivity index (χ4n) is 2.48. The fraction of sp³-hybridized carbons (Fsp3) is 0.333. The first-order valence-electron chi connectivity index (χ1n) is 9.37. The van der Waals surface area contributed by atoms with E-state index in [1.807, 2.05) is 38.1 Å². The number of carbonyl (C=O) groups is 2. The molecule has 2 aromatic carbocycles. The van der Waals surface area contributed by atoms with E-state index in [0.29, 0.717) is 5.69 Å². The van der Waals surface area contributed by atoms with E-state index in [0.717, 1.165) is 11.3 Å². The zero-order chi connectivity index (χ0) is 22.5. The van der Waals surface area contributed by atoms with Gasteiger partial charge in [0.2, 0.25) is 10.0 Å². The lowest BCUT2D eigenvalue weighted by molar-refractivity contribution is -0.154. The summed E-state index contributed by atoms with van der Waals surface area (Å²) in [6.07, 6.45) is -1.10. The first-order chi connectivity index (χ1) is 14.0. The lowest BCUT2D eigenvalue weighted by Gasteiger charge is -2.18. The second kappa shape index (κ2) is 9.73. The van der Waals surface area contributed by atoms with Gasteiger partial charge in [-0.1, -0.05) is 17.7 Å². The van der Waals surface area contributed by atoms with Crippen LogP contribution in [0.3, 0.4) is 0 Å². The smallest absolute Gasteiger partial charge is 0.324 e. The highest BCUT2D eigenvalue weighted by molar-refractivity contribution is 7.89. The van der Waals surface area contributed by atoms with Crippen molar-refractivity contribution in [1.82, 2.24) is 4.72 Å². The molecule has 2 atom stereocenters. The van der Waals surface area contributed by atoms with Crippen molar-refractivity contribution in [2.75, 3.05) is 24.3 Å². The van der Waals surface area contributed by atoms with Crippen molar-refractivity contribution in [2.45, 2.75) is 37.8 Å². The summed E-state index contributed by atoms with van der Waals surface area (Å²) in [7, 11) is -0.0802. The molecule has 30 heavy (non-hydrogen) atoms. The first-order valence-corrected chi connectivity index (χ1v) is 10.9. The van der Waals surface area contributed by atoms with Crippen LogP contribution >= 0.6 is 0 Å². The molecule has 0 saturated heterocycles. The third-order valence-corrected chi connectivity index (χ3v) is 5.89. The van der Waals surface area contributed by atoms with Crippen LogP contribution in [0.4, 0.5) is 11.4 Å². The molecule has 0 spiro atoms. The molecule has 0 aromatic heterocycles. The van der Waals surface area contributed by atoms with Crippen LogP contribution < -0.4 is 14.9 Å². The molecular formula is C21H27N3O5S. The van der Waals surface area contributed by atoms with E-state index >= 15 is 0 Å². The van der Waals surface area contributed by atoms with Crippen LogP contribution in [0.5, 0.6) is 0 Å². The maximum atomic E-state index is 12.4. The number of carbonyl (C=O) groups excluding carboxylic acids is 2. The third-order valence-electron chi connectivity index (χ3n) is 4.33. The van der Waals surface area contributed by atoms with E-state index < -0.39 is 34.0 Å². The molecule has 0 heterocycles. The highest BCUT2D eigenvalue weighted by Gasteiger charge is 2.26. The van der Waals surface area contributed by atoms with E-state index in [4.69, 9.17) is 4.74 Å². The Bertz CT molecular complexity index is 986. The zero-order valence-electron chi connectivity index (χ0n) is 17.7. The molecule has 2 rings (SSSR count). The number of sulfonamides is 1. The summed E-state index contributed by atoms with van der Waals surface area (Å²) < 4.78 is 32.2. The lowest BCUT2D eigenvalue weighted by Crippen LogP contribution is -2.42. The van der Waals surface area contributed by atoms with Crippen molar-refractivity contribution >= 4 is 33.3 Å². The van der Waals surface area contributed by atoms with E-state index in [1.54, 1.807) is 24.3 Å². The summed E-state index contributed by atoms with van der Waals surface area (Å²) in [5, 5.41) is 2.66. The van der Waals surface area contributed by atoms with Gasteiger partial charge in [0.25, 0.3) is 5.91 Å². The summed E-state index contributed by atoms with van der Waals surface area (Å²) in [5.74, 6) is -1.37. The molecule has 2 aromatic rings. The van der Waals surface area contributed by atoms with Gasteiger partial charge in [-0.15, -0.1) is 0 Å². The number of anilines is 2. The van der Waals surface area contributed by atoms with Gasteiger partial charge in [-0.2, -0.15) is 4.72 Å². The minimum Gasteiger partial charge on any atom is -0.451 e. The number of nitrogens with one attached hydrogen (secondary N) is 2. The van der Waals surface area contributed by atoms with Gasteiger partial charge in [0.05, 0.1) is 4.90 Å². The molecule has 0 aliphatic carbocycles. The maximum Gasteiger partial charge on any atom is 0.324 e. The highest BCUT2D eigenvalue weighted by Crippen LogP contribution is 2.16. The summed E-state index contributed by atoms with van der Waals surface area (Å²) >= 11 is 0. The number of nitrogens with zero attached hydrogens (tertiary/aromatic N) is 1. The Hall–Kier alpha value is -2.91. The summed E-state index contributed by atoms with van der Waals surface area (Å²) in [5.41, 5.74) is 2.45. The predicted octanol–water partition coefficient (Wildman–Crippen LogP) is 2.30. The largest absolute Gasteiger partial charge is 0.451 e. The van der Waals surface area contributed by atoms with Gasteiger partial charge in [0.15, 0.2) is 6.10 Å². The lowest BCUT2D eigenvalue weighted by atomic mass is 10.2. The number of aryl methyl sites for hydroxylation is 1. The van der Waals surface area contributed by atoms with Gasteiger partial charge >= 0.3 is 5.97 Å². The number of benzene rings is 2. The maximum absolute atomic E-state index is 12.4. The predicted molar refractivity (Wildman–Crippen MR) is 116 cm³/mol. The quantitative estimate of drug-likeness (QED) is 0.619. The summed E-state index contributed by atoms with van der Waals surface area (Å²) in [6, 6.07) is 12.2. The van der Waals surface area contributed by atoms with Gasteiger partial charge < -0.3 is 15.0 Å². The van der Waals surface area contributed by atoms with Gasteiger partial charge in [0, 0.05) is 25.5 Å². The van der Waals surface area contributed by atoms with Crippen LogP contribution in [0.15, 0.2) is 53.4 Å². The molecule has 0 radical (unpaired) electrons. The monoisotopic (exact) mass is 433 g/mol. The van der Waals surface area contributed by atoms with Gasteiger partial charge in [-0.3, -0.25) is 9.59 Å².